The van der Waals surface area contributed by atoms with E-state index in [1.54, 1.807) is 6.07 Å². The largest absolute Gasteiger partial charge is 0.408 e. The van der Waals surface area contributed by atoms with E-state index in [4.69, 9.17) is 0 Å². The molecule has 4 rings (SSSR count). The number of fused-ring (bicyclic) bond motifs is 1. The van der Waals surface area contributed by atoms with Gasteiger partial charge in [-0.05, 0) is 54.7 Å². The number of alkyl halides is 3. The fourth-order valence-electron chi connectivity index (χ4n) is 4.57. The molecule has 2 aliphatic rings. The molecule has 1 unspecified atom stereocenters. The van der Waals surface area contributed by atoms with Crippen LogP contribution in [0, 0.1) is 5.41 Å². The highest BCUT2D eigenvalue weighted by Gasteiger charge is 2.46. The van der Waals surface area contributed by atoms with Gasteiger partial charge in [-0.15, -0.1) is 0 Å². The first-order valence-electron chi connectivity index (χ1n) is 11.3. The minimum Gasteiger partial charge on any atom is -0.347 e. The van der Waals surface area contributed by atoms with Gasteiger partial charge in [0.05, 0.1) is 5.25 Å². The molecule has 4 nitrogen and oxygen atoms in total. The van der Waals surface area contributed by atoms with Crippen molar-refractivity contribution < 1.29 is 21.6 Å². The van der Waals surface area contributed by atoms with Crippen molar-refractivity contribution in [3.05, 3.63) is 41.6 Å². The topological polar surface area (TPSA) is 51.1 Å². The summed E-state index contributed by atoms with van der Waals surface area (Å²) in [5, 5.41) is -0.300. The molecule has 0 radical (unpaired) electrons. The van der Waals surface area contributed by atoms with Gasteiger partial charge >= 0.3 is 6.18 Å². The van der Waals surface area contributed by atoms with Crippen LogP contribution in [0.4, 0.5) is 13.2 Å². The number of benzene rings is 1. The lowest BCUT2D eigenvalue weighted by atomic mass is 9.96. The average Bonchev–Trinajstić information content (AvgIpc) is 3.24. The Labute approximate surface area is 187 Å². The third kappa shape index (κ3) is 4.76. The molecule has 8 heteroatoms. The summed E-state index contributed by atoms with van der Waals surface area (Å²) < 4.78 is 71.6. The van der Waals surface area contributed by atoms with Gasteiger partial charge in [0.25, 0.3) is 0 Å². The molecule has 2 aromatic rings. The standard InChI is InChI=1S/C24H31F3N2O2S/c1-23(2,3)15-29-14-20(19-12-11-17(13-21(19)29)16-7-4-5-8-16)22(24(25,26)27)28-32(30,31)18-9-6-10-18/h7,11-14,18,22,28H,4-6,8-10,15H2,1-3H3. The van der Waals surface area contributed by atoms with Crippen molar-refractivity contribution in [3.63, 3.8) is 0 Å². The molecule has 32 heavy (non-hydrogen) atoms. The molecule has 0 aliphatic heterocycles. The van der Waals surface area contributed by atoms with Crippen LogP contribution in [-0.2, 0) is 16.6 Å². The van der Waals surface area contributed by atoms with Crippen molar-refractivity contribution in [1.29, 1.82) is 0 Å². The molecular weight excluding hydrogens is 437 g/mol. The van der Waals surface area contributed by atoms with E-state index >= 15 is 0 Å². The predicted molar refractivity (Wildman–Crippen MR) is 122 cm³/mol. The minimum absolute atomic E-state index is 0.0356. The van der Waals surface area contributed by atoms with Crippen LogP contribution in [0.25, 0.3) is 16.5 Å². The molecule has 1 saturated carbocycles. The van der Waals surface area contributed by atoms with Gasteiger partial charge in [-0.1, -0.05) is 45.4 Å². The van der Waals surface area contributed by atoms with Crippen LogP contribution in [0.1, 0.15) is 76.5 Å². The number of halogens is 3. The third-order valence-electron chi connectivity index (χ3n) is 6.38. The maximum Gasteiger partial charge on any atom is 0.408 e. The van der Waals surface area contributed by atoms with Crippen LogP contribution in [0.3, 0.4) is 0 Å². The number of nitrogens with one attached hydrogen (secondary N) is 1. The SMILES string of the molecule is CC(C)(C)Cn1cc(C(NS(=O)(=O)C2CCC2)C(F)(F)F)c2ccc(C3=CCCC3)cc21. The van der Waals surface area contributed by atoms with E-state index in [1.165, 1.54) is 11.8 Å². The average molecular weight is 469 g/mol. The molecule has 0 bridgehead atoms. The molecule has 0 saturated heterocycles. The Morgan fingerprint density at radius 2 is 1.88 bits per heavy atom. The number of rotatable bonds is 6. The molecule has 0 amide bonds. The molecular formula is C24H31F3N2O2S. The van der Waals surface area contributed by atoms with Gasteiger partial charge < -0.3 is 4.57 Å². The molecule has 1 N–H and O–H groups in total. The van der Waals surface area contributed by atoms with Gasteiger partial charge in [0, 0.05) is 29.2 Å². The summed E-state index contributed by atoms with van der Waals surface area (Å²) in [6.45, 7) is 6.61. The number of hydrogen-bond acceptors (Lipinski definition) is 2. The summed E-state index contributed by atoms with van der Waals surface area (Å²) in [6.07, 6.45) is 3.53. The molecule has 1 fully saturated rings. The van der Waals surface area contributed by atoms with Crippen molar-refractivity contribution in [2.45, 2.75) is 83.3 Å². The Balaban J connectivity index is 1.83. The first-order chi connectivity index (χ1) is 14.9. The zero-order valence-electron chi connectivity index (χ0n) is 18.8. The minimum atomic E-state index is -4.75. The van der Waals surface area contributed by atoms with Gasteiger partial charge in [-0.3, -0.25) is 0 Å². The highest BCUT2D eigenvalue weighted by Crippen LogP contribution is 2.41. The van der Waals surface area contributed by atoms with Gasteiger partial charge in [-0.2, -0.15) is 17.9 Å². The highest BCUT2D eigenvalue weighted by atomic mass is 32.2. The lowest BCUT2D eigenvalue weighted by Crippen LogP contribution is -2.44. The molecule has 1 atom stereocenters. The molecule has 1 aromatic carbocycles. The van der Waals surface area contributed by atoms with Gasteiger partial charge in [0.1, 0.15) is 6.04 Å². The quantitative estimate of drug-likeness (QED) is 0.539. The fraction of sp³-hybridized carbons (Fsp3) is 0.583. The van der Waals surface area contributed by atoms with E-state index < -0.39 is 27.5 Å². The maximum absolute atomic E-state index is 14.2. The zero-order valence-corrected chi connectivity index (χ0v) is 19.6. The second-order valence-electron chi connectivity index (χ2n) is 10.3. The van der Waals surface area contributed by atoms with Crippen molar-refractivity contribution in [1.82, 2.24) is 9.29 Å². The Morgan fingerprint density at radius 3 is 2.41 bits per heavy atom. The highest BCUT2D eigenvalue weighted by molar-refractivity contribution is 7.90. The van der Waals surface area contributed by atoms with E-state index in [9.17, 15) is 21.6 Å². The molecule has 2 aliphatic carbocycles. The van der Waals surface area contributed by atoms with E-state index in [-0.39, 0.29) is 11.0 Å². The fourth-order valence-corrected chi connectivity index (χ4v) is 6.31. The molecule has 1 heterocycles. The van der Waals surface area contributed by atoms with Crippen LogP contribution < -0.4 is 4.72 Å². The summed E-state index contributed by atoms with van der Waals surface area (Å²) in [5.74, 6) is 0. The number of aromatic nitrogens is 1. The number of sulfonamides is 1. The smallest absolute Gasteiger partial charge is 0.347 e. The summed E-state index contributed by atoms with van der Waals surface area (Å²) in [4.78, 5) is 0. The predicted octanol–water partition coefficient (Wildman–Crippen LogP) is 6.33. The second kappa shape index (κ2) is 8.20. The number of allylic oxidation sites excluding steroid dienone is 2. The van der Waals surface area contributed by atoms with Crippen molar-refractivity contribution in [2.24, 2.45) is 5.41 Å². The van der Waals surface area contributed by atoms with Crippen LogP contribution in [0.2, 0.25) is 0 Å². The van der Waals surface area contributed by atoms with Crippen LogP contribution >= 0.6 is 0 Å². The van der Waals surface area contributed by atoms with E-state index in [0.717, 1.165) is 31.2 Å². The van der Waals surface area contributed by atoms with Gasteiger partial charge in [-0.25, -0.2) is 8.42 Å². The van der Waals surface area contributed by atoms with Gasteiger partial charge in [0.2, 0.25) is 10.0 Å². The summed E-state index contributed by atoms with van der Waals surface area (Å²) >= 11 is 0. The normalized spacial score (nSPS) is 19.2. The zero-order chi connectivity index (χ0) is 23.3. The maximum atomic E-state index is 14.2. The van der Waals surface area contributed by atoms with E-state index in [1.807, 2.05) is 42.2 Å². The Kier molecular flexibility index (Phi) is 5.99. The lowest BCUT2D eigenvalue weighted by Gasteiger charge is -2.29. The first kappa shape index (κ1) is 23.4. The lowest BCUT2D eigenvalue weighted by molar-refractivity contribution is -0.152. The Hall–Kier alpha value is -1.80. The summed E-state index contributed by atoms with van der Waals surface area (Å²) in [7, 11) is -4.06. The number of hydrogen-bond donors (Lipinski definition) is 1. The molecule has 1 aromatic heterocycles. The van der Waals surface area contributed by atoms with Crippen LogP contribution in [0.5, 0.6) is 0 Å². The summed E-state index contributed by atoms with van der Waals surface area (Å²) in [6, 6.07) is 3.26. The first-order valence-corrected chi connectivity index (χ1v) is 12.8. The third-order valence-corrected chi connectivity index (χ3v) is 8.29. The van der Waals surface area contributed by atoms with Crippen molar-refractivity contribution >= 4 is 26.5 Å². The Bertz CT molecular complexity index is 1140. The molecule has 0 spiro atoms. The Morgan fingerprint density at radius 1 is 1.16 bits per heavy atom. The van der Waals surface area contributed by atoms with E-state index in [0.29, 0.717) is 30.3 Å². The number of nitrogens with zero attached hydrogens (tertiary/aromatic N) is 1. The van der Waals surface area contributed by atoms with E-state index in [2.05, 4.69) is 6.08 Å². The van der Waals surface area contributed by atoms with Crippen LogP contribution in [0.15, 0.2) is 30.5 Å². The van der Waals surface area contributed by atoms with Crippen molar-refractivity contribution in [3.8, 4) is 0 Å². The monoisotopic (exact) mass is 468 g/mol. The summed E-state index contributed by atoms with van der Waals surface area (Å²) in [5.41, 5.74) is 2.75. The molecule has 176 valence electrons. The van der Waals surface area contributed by atoms with Crippen LogP contribution in [-0.4, -0.2) is 24.4 Å². The van der Waals surface area contributed by atoms with Gasteiger partial charge in [0.15, 0.2) is 0 Å². The second-order valence-corrected chi connectivity index (χ2v) is 12.3. The van der Waals surface area contributed by atoms with Crippen molar-refractivity contribution in [2.75, 3.05) is 0 Å².